The standard InChI is InChI=1S/C25H30FN3O4/c1-27-18-4-5-23(20(26)14-18)33-22-6-10-29-21-16-25(24(30-2)15-19(21)22)32-11-3-9-28-17-7-12-31-13-8-17/h4-6,10,14-17,27-28H,3,7-9,11-13H2,1-2H3. The second-order valence-corrected chi connectivity index (χ2v) is 7.87. The molecular formula is C25H30FN3O4. The highest BCUT2D eigenvalue weighted by molar-refractivity contribution is 5.88. The molecule has 1 aromatic heterocycles. The maximum absolute atomic E-state index is 14.4. The zero-order valence-corrected chi connectivity index (χ0v) is 19.0. The van der Waals surface area contributed by atoms with Crippen LogP contribution in [0.25, 0.3) is 10.9 Å². The fourth-order valence-electron chi connectivity index (χ4n) is 3.81. The van der Waals surface area contributed by atoms with E-state index >= 15 is 0 Å². The zero-order valence-electron chi connectivity index (χ0n) is 19.0. The van der Waals surface area contributed by atoms with E-state index < -0.39 is 5.82 Å². The summed E-state index contributed by atoms with van der Waals surface area (Å²) in [5.74, 6) is 1.36. The Kier molecular flexibility index (Phi) is 7.80. The lowest BCUT2D eigenvalue weighted by atomic mass is 10.1. The average Bonchev–Trinajstić information content (AvgIpc) is 2.85. The molecule has 2 heterocycles. The molecule has 1 fully saturated rings. The topological polar surface area (TPSA) is 73.9 Å². The third-order valence-corrected chi connectivity index (χ3v) is 5.66. The van der Waals surface area contributed by atoms with Crippen LogP contribution in [0.15, 0.2) is 42.6 Å². The summed E-state index contributed by atoms with van der Waals surface area (Å²) < 4.78 is 37.2. The first-order chi connectivity index (χ1) is 16.2. The molecule has 1 saturated heterocycles. The maximum atomic E-state index is 14.4. The first kappa shape index (κ1) is 23.1. The Hall–Kier alpha value is -3.10. The minimum Gasteiger partial charge on any atom is -0.493 e. The van der Waals surface area contributed by atoms with Gasteiger partial charge in [-0.15, -0.1) is 0 Å². The van der Waals surface area contributed by atoms with Gasteiger partial charge >= 0.3 is 0 Å². The molecular weight excluding hydrogens is 425 g/mol. The van der Waals surface area contributed by atoms with Gasteiger partial charge in [0.2, 0.25) is 0 Å². The first-order valence-corrected chi connectivity index (χ1v) is 11.2. The van der Waals surface area contributed by atoms with Gasteiger partial charge in [-0.2, -0.15) is 0 Å². The molecule has 0 bridgehead atoms. The molecule has 8 heteroatoms. The Morgan fingerprint density at radius 3 is 2.67 bits per heavy atom. The smallest absolute Gasteiger partial charge is 0.167 e. The number of hydrogen-bond donors (Lipinski definition) is 2. The molecule has 2 N–H and O–H groups in total. The number of nitrogens with zero attached hydrogens (tertiary/aromatic N) is 1. The zero-order chi connectivity index (χ0) is 23.0. The molecule has 2 aromatic carbocycles. The van der Waals surface area contributed by atoms with Crippen LogP contribution >= 0.6 is 0 Å². The molecule has 0 radical (unpaired) electrons. The van der Waals surface area contributed by atoms with Crippen LogP contribution in [0, 0.1) is 5.82 Å². The van der Waals surface area contributed by atoms with E-state index in [9.17, 15) is 4.39 Å². The van der Waals surface area contributed by atoms with Crippen molar-refractivity contribution in [3.8, 4) is 23.0 Å². The lowest BCUT2D eigenvalue weighted by molar-refractivity contribution is 0.0777. The number of halogens is 1. The fraction of sp³-hybridized carbons (Fsp3) is 0.400. The fourth-order valence-corrected chi connectivity index (χ4v) is 3.81. The second-order valence-electron chi connectivity index (χ2n) is 7.87. The van der Waals surface area contributed by atoms with Crippen molar-refractivity contribution in [2.75, 3.05) is 45.8 Å². The van der Waals surface area contributed by atoms with Gasteiger partial charge in [0.1, 0.15) is 5.75 Å². The predicted molar refractivity (Wildman–Crippen MR) is 126 cm³/mol. The first-order valence-electron chi connectivity index (χ1n) is 11.2. The Morgan fingerprint density at radius 2 is 1.91 bits per heavy atom. The van der Waals surface area contributed by atoms with E-state index in [0.29, 0.717) is 46.5 Å². The van der Waals surface area contributed by atoms with Gasteiger partial charge in [-0.05, 0) is 50.1 Å². The molecule has 0 saturated carbocycles. The molecule has 0 aliphatic carbocycles. The van der Waals surface area contributed by atoms with Gasteiger partial charge in [0.15, 0.2) is 23.1 Å². The molecule has 1 aliphatic rings. The molecule has 176 valence electrons. The van der Waals surface area contributed by atoms with Crippen LogP contribution in [0.4, 0.5) is 10.1 Å². The SMILES string of the molecule is CNc1ccc(Oc2ccnc3cc(OCCCNC4CCOCC4)c(OC)cc23)c(F)c1. The van der Waals surface area contributed by atoms with Crippen LogP contribution in [0.5, 0.6) is 23.0 Å². The average molecular weight is 456 g/mol. The molecule has 4 rings (SSSR count). The molecule has 0 atom stereocenters. The number of rotatable bonds is 10. The Morgan fingerprint density at radius 1 is 1.06 bits per heavy atom. The highest BCUT2D eigenvalue weighted by atomic mass is 19.1. The molecule has 0 spiro atoms. The quantitative estimate of drug-likeness (QED) is 0.427. The highest BCUT2D eigenvalue weighted by Gasteiger charge is 2.15. The highest BCUT2D eigenvalue weighted by Crippen LogP contribution is 2.37. The van der Waals surface area contributed by atoms with E-state index in [0.717, 1.165) is 39.0 Å². The number of methoxy groups -OCH3 is 1. The summed E-state index contributed by atoms with van der Waals surface area (Å²) in [7, 11) is 3.33. The maximum Gasteiger partial charge on any atom is 0.167 e. The Bertz CT molecular complexity index is 1070. The van der Waals surface area contributed by atoms with Gasteiger partial charge in [0.05, 0.1) is 19.2 Å². The molecule has 7 nitrogen and oxygen atoms in total. The molecule has 3 aromatic rings. The van der Waals surface area contributed by atoms with Crippen molar-refractivity contribution in [2.24, 2.45) is 0 Å². The molecule has 0 unspecified atom stereocenters. The lowest BCUT2D eigenvalue weighted by Crippen LogP contribution is -2.35. The third kappa shape index (κ3) is 5.83. The van der Waals surface area contributed by atoms with E-state index in [2.05, 4.69) is 15.6 Å². The number of hydrogen-bond acceptors (Lipinski definition) is 7. The van der Waals surface area contributed by atoms with Crippen LogP contribution in [0.1, 0.15) is 19.3 Å². The van der Waals surface area contributed by atoms with Crippen LogP contribution in [0.3, 0.4) is 0 Å². The predicted octanol–water partition coefficient (Wildman–Crippen LogP) is 4.75. The van der Waals surface area contributed by atoms with Gasteiger partial charge in [0.25, 0.3) is 0 Å². The van der Waals surface area contributed by atoms with Crippen molar-refractivity contribution in [1.29, 1.82) is 0 Å². The van der Waals surface area contributed by atoms with E-state index in [1.807, 2.05) is 12.1 Å². The van der Waals surface area contributed by atoms with Crippen LogP contribution in [-0.2, 0) is 4.74 Å². The van der Waals surface area contributed by atoms with Gasteiger partial charge in [-0.1, -0.05) is 0 Å². The summed E-state index contributed by atoms with van der Waals surface area (Å²) in [5, 5.41) is 7.17. The van der Waals surface area contributed by atoms with Gasteiger partial charge in [0, 0.05) is 55.7 Å². The van der Waals surface area contributed by atoms with E-state index in [-0.39, 0.29) is 5.75 Å². The summed E-state index contributed by atoms with van der Waals surface area (Å²) in [6.07, 6.45) is 4.61. The van der Waals surface area contributed by atoms with Crippen molar-refractivity contribution in [3.63, 3.8) is 0 Å². The number of fused-ring (bicyclic) bond motifs is 1. The van der Waals surface area contributed by atoms with Crippen molar-refractivity contribution in [1.82, 2.24) is 10.3 Å². The number of nitrogens with one attached hydrogen (secondary N) is 2. The third-order valence-electron chi connectivity index (χ3n) is 5.66. The summed E-state index contributed by atoms with van der Waals surface area (Å²) in [5.41, 5.74) is 1.35. The second kappa shape index (κ2) is 11.2. The van der Waals surface area contributed by atoms with Gasteiger partial charge in [-0.3, -0.25) is 4.98 Å². The van der Waals surface area contributed by atoms with Gasteiger partial charge < -0.3 is 29.6 Å². The van der Waals surface area contributed by atoms with Crippen molar-refractivity contribution in [3.05, 3.63) is 48.4 Å². The van der Waals surface area contributed by atoms with E-state index in [4.69, 9.17) is 18.9 Å². The number of pyridine rings is 1. The normalized spacial score (nSPS) is 14.3. The summed E-state index contributed by atoms with van der Waals surface area (Å²) >= 11 is 0. The van der Waals surface area contributed by atoms with Crippen LogP contribution in [-0.4, -0.2) is 51.5 Å². The number of ether oxygens (including phenoxy) is 4. The summed E-state index contributed by atoms with van der Waals surface area (Å²) in [6.45, 7) is 3.09. The number of benzene rings is 2. The van der Waals surface area contributed by atoms with E-state index in [1.54, 1.807) is 38.6 Å². The van der Waals surface area contributed by atoms with Crippen LogP contribution < -0.4 is 24.8 Å². The monoisotopic (exact) mass is 455 g/mol. The molecule has 0 amide bonds. The minimum atomic E-state index is -0.451. The lowest BCUT2D eigenvalue weighted by Gasteiger charge is -2.23. The Labute approximate surface area is 193 Å². The van der Waals surface area contributed by atoms with Crippen molar-refractivity contribution < 1.29 is 23.3 Å². The van der Waals surface area contributed by atoms with Crippen LogP contribution in [0.2, 0.25) is 0 Å². The largest absolute Gasteiger partial charge is 0.493 e. The number of aromatic nitrogens is 1. The molecule has 33 heavy (non-hydrogen) atoms. The van der Waals surface area contributed by atoms with Crippen molar-refractivity contribution >= 4 is 16.6 Å². The molecule has 1 aliphatic heterocycles. The minimum absolute atomic E-state index is 0.137. The Balaban J connectivity index is 1.44. The van der Waals surface area contributed by atoms with Crippen molar-refractivity contribution in [2.45, 2.75) is 25.3 Å². The summed E-state index contributed by atoms with van der Waals surface area (Å²) in [4.78, 5) is 4.43. The van der Waals surface area contributed by atoms with Gasteiger partial charge in [-0.25, -0.2) is 4.39 Å². The summed E-state index contributed by atoms with van der Waals surface area (Å²) in [6, 6.07) is 10.6. The number of anilines is 1. The van der Waals surface area contributed by atoms with E-state index in [1.165, 1.54) is 6.07 Å².